The maximum atomic E-state index is 14.6. The summed E-state index contributed by atoms with van der Waals surface area (Å²) >= 11 is 0. The topological polar surface area (TPSA) is 87.1 Å². The molecule has 4 bridgehead atoms. The van der Waals surface area contributed by atoms with Crippen molar-refractivity contribution < 1.29 is 24.5 Å². The van der Waals surface area contributed by atoms with Crippen molar-refractivity contribution >= 4 is 22.6 Å². The smallest absolute Gasteiger partial charge is 0.410 e. The normalized spacial score (nSPS) is 31.8. The number of nitrogens with zero attached hydrogens (tertiary/aromatic N) is 1. The summed E-state index contributed by atoms with van der Waals surface area (Å²) in [5.74, 6) is 2.35. The number of Topliss-reactive ketones (excluding diaryl/α,β-unsaturated/α-hetero) is 1. The van der Waals surface area contributed by atoms with Crippen molar-refractivity contribution in [2.45, 2.75) is 142 Å². The van der Waals surface area contributed by atoms with Gasteiger partial charge in [-0.1, -0.05) is 94.1 Å². The third-order valence-corrected chi connectivity index (χ3v) is 16.0. The number of allylic oxidation sites excluding steroid dienone is 2. The fourth-order valence-electron chi connectivity index (χ4n) is 12.2. The van der Waals surface area contributed by atoms with Crippen LogP contribution >= 0.6 is 0 Å². The van der Waals surface area contributed by atoms with Crippen LogP contribution in [0.2, 0.25) is 0 Å². The van der Waals surface area contributed by atoms with Crippen molar-refractivity contribution in [2.24, 2.45) is 34.5 Å². The summed E-state index contributed by atoms with van der Waals surface area (Å²) in [7, 11) is 0. The molecule has 3 aromatic rings. The third kappa shape index (κ3) is 7.50. The maximum absolute atomic E-state index is 14.6. The quantitative estimate of drug-likeness (QED) is 0.185. The van der Waals surface area contributed by atoms with E-state index in [4.69, 9.17) is 4.74 Å². The Morgan fingerprint density at radius 2 is 1.66 bits per heavy atom. The third-order valence-electron chi connectivity index (χ3n) is 16.0. The lowest BCUT2D eigenvalue weighted by atomic mass is 9.45. The Kier molecular flexibility index (Phi) is 11.0. The van der Waals surface area contributed by atoms with Crippen LogP contribution in [0.15, 0.2) is 72.3 Å². The molecule has 0 radical (unpaired) electrons. The molecule has 10 rings (SSSR count). The van der Waals surface area contributed by atoms with Gasteiger partial charge < -0.3 is 19.8 Å². The number of hydrogen-bond acceptors (Lipinski definition) is 5. The summed E-state index contributed by atoms with van der Waals surface area (Å²) in [6, 6.07) is 20.3. The Bertz CT molecular complexity index is 1960. The summed E-state index contributed by atoms with van der Waals surface area (Å²) < 4.78 is 6.25. The van der Waals surface area contributed by atoms with Crippen LogP contribution in [0.3, 0.4) is 0 Å². The average molecular weight is 760 g/mol. The van der Waals surface area contributed by atoms with Gasteiger partial charge in [0.1, 0.15) is 5.75 Å². The molecule has 7 atom stereocenters. The highest BCUT2D eigenvalue weighted by atomic mass is 16.6. The van der Waals surface area contributed by atoms with Crippen LogP contribution in [0, 0.1) is 34.5 Å². The van der Waals surface area contributed by atoms with Gasteiger partial charge in [0.2, 0.25) is 0 Å². The molecule has 2 N–H and O–H groups in total. The van der Waals surface area contributed by atoms with E-state index in [2.05, 4.69) is 58.0 Å². The van der Waals surface area contributed by atoms with E-state index in [-0.39, 0.29) is 29.6 Å². The van der Waals surface area contributed by atoms with Gasteiger partial charge in [0.05, 0.1) is 18.2 Å². The predicted molar refractivity (Wildman–Crippen MR) is 224 cm³/mol. The first-order chi connectivity index (χ1) is 26.8. The number of ether oxygens (including phenoxy) is 1. The molecule has 6 heteroatoms. The van der Waals surface area contributed by atoms with Gasteiger partial charge in [0.25, 0.3) is 0 Å². The number of carbonyl (C=O) groups is 2. The van der Waals surface area contributed by atoms with Gasteiger partial charge in [-0.2, -0.15) is 0 Å². The van der Waals surface area contributed by atoms with Crippen LogP contribution in [-0.4, -0.2) is 51.8 Å². The Labute approximate surface area is 335 Å². The largest absolute Gasteiger partial charge is 0.415 e. The number of benzene rings is 3. The van der Waals surface area contributed by atoms with Crippen LogP contribution in [0.25, 0.3) is 10.8 Å². The van der Waals surface area contributed by atoms with Gasteiger partial charge in [-0.15, -0.1) is 0 Å². The van der Waals surface area contributed by atoms with Crippen LogP contribution in [0.5, 0.6) is 5.75 Å². The van der Waals surface area contributed by atoms with Crippen LogP contribution in [-0.2, 0) is 6.42 Å². The number of fused-ring (bicyclic) bond motifs is 11. The van der Waals surface area contributed by atoms with Crippen LogP contribution < -0.4 is 4.74 Å². The molecule has 56 heavy (non-hydrogen) atoms. The van der Waals surface area contributed by atoms with Crippen molar-refractivity contribution in [1.82, 2.24) is 4.90 Å². The fraction of sp³-hybridized carbons (Fsp3) is 0.600. The summed E-state index contributed by atoms with van der Waals surface area (Å²) in [5, 5.41) is 26.5. The first-order valence-electron chi connectivity index (χ1n) is 22.0. The maximum Gasteiger partial charge on any atom is 0.415 e. The molecule has 0 spiro atoms. The molecule has 5 fully saturated rings. The molecule has 7 aliphatic rings. The van der Waals surface area contributed by atoms with E-state index in [1.54, 1.807) is 0 Å². The lowest BCUT2D eigenvalue weighted by Gasteiger charge is -2.60. The minimum atomic E-state index is -1.20. The zero-order valence-corrected chi connectivity index (χ0v) is 34.4. The molecule has 0 aliphatic heterocycles. The van der Waals surface area contributed by atoms with Crippen LogP contribution in [0.1, 0.15) is 145 Å². The second-order valence-electron chi connectivity index (χ2n) is 19.6. The first-order valence-corrected chi connectivity index (χ1v) is 22.0. The number of carbonyl (C=O) groups excluding carboxylic acids is 2. The Morgan fingerprint density at radius 3 is 2.43 bits per heavy atom. The molecule has 300 valence electrons. The van der Waals surface area contributed by atoms with Crippen LogP contribution in [0.4, 0.5) is 4.79 Å². The molecular weight excluding hydrogens is 695 g/mol. The second kappa shape index (κ2) is 15.7. The monoisotopic (exact) mass is 759 g/mol. The lowest BCUT2D eigenvalue weighted by molar-refractivity contribution is -0.119. The zero-order chi connectivity index (χ0) is 39.2. The summed E-state index contributed by atoms with van der Waals surface area (Å²) in [4.78, 5) is 31.0. The average Bonchev–Trinajstić information content (AvgIpc) is 3.45. The summed E-state index contributed by atoms with van der Waals surface area (Å²) in [6.07, 6.45) is 14.9. The molecule has 0 unspecified atom stereocenters. The number of ketones is 1. The van der Waals surface area contributed by atoms with Gasteiger partial charge in [-0.3, -0.25) is 4.79 Å². The summed E-state index contributed by atoms with van der Waals surface area (Å²) in [5.41, 5.74) is 2.53. The van der Waals surface area contributed by atoms with E-state index >= 15 is 0 Å². The van der Waals surface area contributed by atoms with Gasteiger partial charge >= 0.3 is 6.09 Å². The number of hydrogen-bond donors (Lipinski definition) is 2. The molecule has 7 aliphatic carbocycles. The number of aliphatic hydroxyl groups is 2. The predicted octanol–water partition coefficient (Wildman–Crippen LogP) is 11.2. The first kappa shape index (κ1) is 39.4. The van der Waals surface area contributed by atoms with Gasteiger partial charge in [-0.05, 0) is 153 Å². The Hall–Kier alpha value is -3.48. The van der Waals surface area contributed by atoms with Gasteiger partial charge in [0, 0.05) is 23.4 Å². The fourth-order valence-corrected chi connectivity index (χ4v) is 12.2. The zero-order valence-electron chi connectivity index (χ0n) is 34.4. The van der Waals surface area contributed by atoms with E-state index in [1.165, 1.54) is 24.8 Å². The van der Waals surface area contributed by atoms with Gasteiger partial charge in [0.15, 0.2) is 5.78 Å². The minimum Gasteiger partial charge on any atom is -0.410 e. The van der Waals surface area contributed by atoms with Crippen molar-refractivity contribution in [3.8, 4) is 5.75 Å². The molecule has 0 heterocycles. The molecule has 6 nitrogen and oxygen atoms in total. The molecule has 3 aromatic carbocycles. The molecular formula is C50H65NO5. The molecule has 1 amide bonds. The summed E-state index contributed by atoms with van der Waals surface area (Å²) in [6.45, 7) is 9.94. The van der Waals surface area contributed by atoms with E-state index in [9.17, 15) is 19.8 Å². The molecule has 0 saturated heterocycles. The van der Waals surface area contributed by atoms with Crippen molar-refractivity contribution in [1.29, 1.82) is 0 Å². The van der Waals surface area contributed by atoms with E-state index in [1.807, 2.05) is 41.3 Å². The lowest BCUT2D eigenvalue weighted by Crippen LogP contribution is -2.58. The van der Waals surface area contributed by atoms with Crippen molar-refractivity contribution in [2.75, 3.05) is 13.1 Å². The molecule has 0 aromatic heterocycles. The highest BCUT2D eigenvalue weighted by Gasteiger charge is 2.59. The van der Waals surface area contributed by atoms with Crippen molar-refractivity contribution in [3.05, 3.63) is 89.0 Å². The second-order valence-corrected chi connectivity index (χ2v) is 19.6. The van der Waals surface area contributed by atoms with Crippen molar-refractivity contribution in [3.63, 3.8) is 0 Å². The van der Waals surface area contributed by atoms with Gasteiger partial charge in [-0.25, -0.2) is 4.79 Å². The Morgan fingerprint density at radius 1 is 0.875 bits per heavy atom. The highest BCUT2D eigenvalue weighted by Crippen LogP contribution is 2.62. The minimum absolute atomic E-state index is 0.0184. The van der Waals surface area contributed by atoms with E-state index < -0.39 is 23.2 Å². The SMILES string of the molecule is CC1=CCC[C@@]2(C)[C@@H](CC[C@@]2(O)CN(C[C@@H]2CC[C@H]3C[C@@H]2C3(C)C)C(=O)Oc2ccc3ccccc3c2)c2ccc(cc2C(=O)C2CCCCC2)C[C@@H](O)CC1. The Balaban J connectivity index is 1.15. The number of amides is 1. The number of aliphatic hydroxyl groups excluding tert-OH is 1. The van der Waals surface area contributed by atoms with E-state index in [0.717, 1.165) is 91.2 Å². The molecule has 5 saturated carbocycles. The number of rotatable bonds is 7. The highest BCUT2D eigenvalue weighted by molar-refractivity contribution is 5.99. The standard InChI is InChI=1S/C50H65NO5/c1-33-11-10-25-49(4)44(42-23-17-34(27-40(52)21-16-33)28-43(42)46(53)36-13-6-5-7-14-36)24-26-50(49,55)32-51(31-38-18-20-39-30-45(38)48(39,2)3)47(54)56-41-22-19-35-12-8-9-15-37(35)29-41/h8-9,11-12,15,17,19,22-23,28-29,36,38-40,44-45,52,55H,5-7,10,13-14,16,18,20-21,24-27,30-32H2,1-4H3/t38-,39-,40-,44-,45-,49-,50+/m0/s1. The van der Waals surface area contributed by atoms with E-state index in [0.29, 0.717) is 43.4 Å².